The molecule has 2 aliphatic heterocycles. The number of ether oxygens (including phenoxy) is 1. The third kappa shape index (κ3) is 2.93. The average Bonchev–Trinajstić information content (AvgIpc) is 2.92. The van der Waals surface area contributed by atoms with E-state index in [4.69, 9.17) is 4.74 Å². The molecule has 2 amide bonds. The highest BCUT2D eigenvalue weighted by atomic mass is 16.5. The normalized spacial score (nSPS) is 27.5. The van der Waals surface area contributed by atoms with Gasteiger partial charge in [-0.1, -0.05) is 27.2 Å². The van der Waals surface area contributed by atoms with Crippen molar-refractivity contribution in [1.29, 1.82) is 0 Å². The highest BCUT2D eigenvalue weighted by Gasteiger charge is 2.50. The van der Waals surface area contributed by atoms with Crippen LogP contribution in [0.2, 0.25) is 0 Å². The summed E-state index contributed by atoms with van der Waals surface area (Å²) in [7, 11) is 1.66. The fourth-order valence-corrected chi connectivity index (χ4v) is 3.73. The standard InChI is InChI=1S/C16H28N2O3/c1-5-7-12(10-21-4)18-14(11(2)3)16(20)17-9-6-8-13(17)15(18)19/h11-14H,5-10H2,1-4H3. The van der Waals surface area contributed by atoms with E-state index in [0.717, 1.165) is 32.2 Å². The van der Waals surface area contributed by atoms with E-state index in [1.54, 1.807) is 12.0 Å². The van der Waals surface area contributed by atoms with Crippen molar-refractivity contribution in [2.75, 3.05) is 20.3 Å². The van der Waals surface area contributed by atoms with Crippen LogP contribution in [-0.2, 0) is 14.3 Å². The van der Waals surface area contributed by atoms with Crippen molar-refractivity contribution in [1.82, 2.24) is 9.80 Å². The molecular weight excluding hydrogens is 268 g/mol. The summed E-state index contributed by atoms with van der Waals surface area (Å²) in [5, 5.41) is 0. The van der Waals surface area contributed by atoms with Gasteiger partial charge in [0.1, 0.15) is 12.1 Å². The van der Waals surface area contributed by atoms with Crippen molar-refractivity contribution < 1.29 is 14.3 Å². The highest BCUT2D eigenvalue weighted by molar-refractivity contribution is 5.97. The zero-order chi connectivity index (χ0) is 15.6. The molecule has 0 aromatic heterocycles. The van der Waals surface area contributed by atoms with Crippen molar-refractivity contribution in [3.63, 3.8) is 0 Å². The van der Waals surface area contributed by atoms with Crippen LogP contribution in [0.1, 0.15) is 46.5 Å². The van der Waals surface area contributed by atoms with Gasteiger partial charge in [-0.2, -0.15) is 0 Å². The fourth-order valence-electron chi connectivity index (χ4n) is 3.73. The van der Waals surface area contributed by atoms with Crippen LogP contribution >= 0.6 is 0 Å². The number of rotatable bonds is 6. The Kier molecular flexibility index (Phi) is 5.25. The van der Waals surface area contributed by atoms with E-state index in [1.807, 2.05) is 18.7 Å². The second kappa shape index (κ2) is 6.77. The van der Waals surface area contributed by atoms with Gasteiger partial charge >= 0.3 is 0 Å². The lowest BCUT2D eigenvalue weighted by atomic mass is 9.93. The predicted octanol–water partition coefficient (Wildman–Crippen LogP) is 1.66. The Morgan fingerprint density at radius 3 is 2.57 bits per heavy atom. The number of methoxy groups -OCH3 is 1. The minimum absolute atomic E-state index is 0.00611. The molecule has 0 N–H and O–H groups in total. The van der Waals surface area contributed by atoms with E-state index in [0.29, 0.717) is 6.61 Å². The number of hydrogen-bond donors (Lipinski definition) is 0. The van der Waals surface area contributed by atoms with Gasteiger partial charge in [0.05, 0.1) is 12.6 Å². The molecule has 0 spiro atoms. The topological polar surface area (TPSA) is 49.9 Å². The molecule has 21 heavy (non-hydrogen) atoms. The number of nitrogens with zero attached hydrogens (tertiary/aromatic N) is 2. The SMILES string of the molecule is CCCC(COC)N1C(=O)C2CCCN2C(=O)C1C(C)C. The zero-order valence-corrected chi connectivity index (χ0v) is 13.7. The Hall–Kier alpha value is -1.10. The Morgan fingerprint density at radius 1 is 1.29 bits per heavy atom. The first-order valence-corrected chi connectivity index (χ1v) is 8.14. The first-order chi connectivity index (χ1) is 10.0. The Bertz CT molecular complexity index is 391. The smallest absolute Gasteiger partial charge is 0.246 e. The lowest BCUT2D eigenvalue weighted by Gasteiger charge is -2.47. The molecule has 2 heterocycles. The number of fused-ring (bicyclic) bond motifs is 1. The monoisotopic (exact) mass is 296 g/mol. The van der Waals surface area contributed by atoms with Gasteiger partial charge in [-0.25, -0.2) is 0 Å². The third-order valence-electron chi connectivity index (χ3n) is 4.63. The summed E-state index contributed by atoms with van der Waals surface area (Å²) < 4.78 is 5.31. The van der Waals surface area contributed by atoms with Gasteiger partial charge in [0.15, 0.2) is 0 Å². The molecule has 0 bridgehead atoms. The van der Waals surface area contributed by atoms with Crippen molar-refractivity contribution in [2.24, 2.45) is 5.92 Å². The van der Waals surface area contributed by atoms with Crippen LogP contribution in [0.3, 0.4) is 0 Å². The van der Waals surface area contributed by atoms with Crippen molar-refractivity contribution >= 4 is 11.8 Å². The second-order valence-corrected chi connectivity index (χ2v) is 6.52. The minimum Gasteiger partial charge on any atom is -0.383 e. The average molecular weight is 296 g/mol. The fraction of sp³-hybridized carbons (Fsp3) is 0.875. The maximum absolute atomic E-state index is 12.9. The molecule has 3 unspecified atom stereocenters. The summed E-state index contributed by atoms with van der Waals surface area (Å²) >= 11 is 0. The Labute approximate surface area is 127 Å². The zero-order valence-electron chi connectivity index (χ0n) is 13.7. The maximum atomic E-state index is 12.9. The molecule has 0 saturated carbocycles. The molecule has 120 valence electrons. The molecule has 0 aromatic rings. The molecule has 3 atom stereocenters. The van der Waals surface area contributed by atoms with E-state index in [9.17, 15) is 9.59 Å². The van der Waals surface area contributed by atoms with Crippen LogP contribution in [0.25, 0.3) is 0 Å². The maximum Gasteiger partial charge on any atom is 0.246 e. The van der Waals surface area contributed by atoms with E-state index in [-0.39, 0.29) is 35.9 Å². The van der Waals surface area contributed by atoms with Crippen molar-refractivity contribution in [3.8, 4) is 0 Å². The van der Waals surface area contributed by atoms with E-state index < -0.39 is 0 Å². The van der Waals surface area contributed by atoms with Crippen molar-refractivity contribution in [2.45, 2.75) is 64.6 Å². The number of amides is 2. The molecule has 2 saturated heterocycles. The van der Waals surface area contributed by atoms with Crippen LogP contribution in [0.15, 0.2) is 0 Å². The number of carbonyl (C=O) groups excluding carboxylic acids is 2. The second-order valence-electron chi connectivity index (χ2n) is 6.52. The number of carbonyl (C=O) groups is 2. The Morgan fingerprint density at radius 2 is 2.00 bits per heavy atom. The summed E-state index contributed by atoms with van der Waals surface area (Å²) in [6.45, 7) is 7.38. The summed E-state index contributed by atoms with van der Waals surface area (Å²) in [5.74, 6) is 0.379. The van der Waals surface area contributed by atoms with Crippen molar-refractivity contribution in [3.05, 3.63) is 0 Å². The van der Waals surface area contributed by atoms with Gasteiger partial charge in [0.2, 0.25) is 11.8 Å². The summed E-state index contributed by atoms with van der Waals surface area (Å²) in [4.78, 5) is 29.4. The molecular formula is C16H28N2O3. The molecule has 5 nitrogen and oxygen atoms in total. The quantitative estimate of drug-likeness (QED) is 0.749. The van der Waals surface area contributed by atoms with E-state index in [2.05, 4.69) is 6.92 Å². The molecule has 0 aromatic carbocycles. The van der Waals surface area contributed by atoms with Crippen LogP contribution in [0.4, 0.5) is 0 Å². The first kappa shape index (κ1) is 16.3. The van der Waals surface area contributed by atoms with Gasteiger partial charge in [-0.05, 0) is 25.2 Å². The van der Waals surface area contributed by atoms with E-state index in [1.165, 1.54) is 0 Å². The molecule has 2 aliphatic rings. The Balaban J connectivity index is 2.33. The van der Waals surface area contributed by atoms with Crippen LogP contribution in [-0.4, -0.2) is 60.0 Å². The van der Waals surface area contributed by atoms with Gasteiger partial charge in [0, 0.05) is 13.7 Å². The molecule has 0 radical (unpaired) electrons. The molecule has 2 fully saturated rings. The lowest BCUT2D eigenvalue weighted by molar-refractivity contribution is -0.165. The largest absolute Gasteiger partial charge is 0.383 e. The van der Waals surface area contributed by atoms with E-state index >= 15 is 0 Å². The predicted molar refractivity (Wildman–Crippen MR) is 80.8 cm³/mol. The van der Waals surface area contributed by atoms with Gasteiger partial charge < -0.3 is 14.5 Å². The molecule has 0 aliphatic carbocycles. The lowest BCUT2D eigenvalue weighted by Crippen LogP contribution is -2.67. The van der Waals surface area contributed by atoms with Crippen LogP contribution in [0.5, 0.6) is 0 Å². The highest BCUT2D eigenvalue weighted by Crippen LogP contribution is 2.32. The molecule has 5 heteroatoms. The third-order valence-corrected chi connectivity index (χ3v) is 4.63. The first-order valence-electron chi connectivity index (χ1n) is 8.14. The number of piperazine rings is 1. The van der Waals surface area contributed by atoms with Gasteiger partial charge in [-0.15, -0.1) is 0 Å². The van der Waals surface area contributed by atoms with Crippen LogP contribution in [0, 0.1) is 5.92 Å². The van der Waals surface area contributed by atoms with Gasteiger partial charge in [0.25, 0.3) is 0 Å². The minimum atomic E-state index is -0.335. The van der Waals surface area contributed by atoms with Gasteiger partial charge in [-0.3, -0.25) is 9.59 Å². The van der Waals surface area contributed by atoms with Crippen LogP contribution < -0.4 is 0 Å². The summed E-state index contributed by atoms with van der Waals surface area (Å²) in [6.07, 6.45) is 3.59. The summed E-state index contributed by atoms with van der Waals surface area (Å²) in [6, 6.07) is -0.561. The summed E-state index contributed by atoms with van der Waals surface area (Å²) in [5.41, 5.74) is 0. The molecule has 2 rings (SSSR count). The number of hydrogen-bond acceptors (Lipinski definition) is 3.